The number of benzene rings is 2. The molecule has 2 heterocycles. The molecular weight excluding hydrogens is 344 g/mol. The number of hydrogen-bond acceptors (Lipinski definition) is 5. The monoisotopic (exact) mass is 366 g/mol. The normalized spacial score (nSPS) is 21.6. The van der Waals surface area contributed by atoms with E-state index in [1.165, 1.54) is 24.3 Å². The van der Waals surface area contributed by atoms with Crippen LogP contribution in [-0.4, -0.2) is 24.8 Å². The van der Waals surface area contributed by atoms with Gasteiger partial charge < -0.3 is 14.4 Å². The van der Waals surface area contributed by atoms with Gasteiger partial charge in [-0.25, -0.2) is 0 Å². The minimum atomic E-state index is -0.807. The lowest BCUT2D eigenvalue weighted by Crippen LogP contribution is -2.58. The lowest BCUT2D eigenvalue weighted by atomic mass is 9.76. The first-order valence-electron chi connectivity index (χ1n) is 8.81. The van der Waals surface area contributed by atoms with Crippen molar-refractivity contribution in [2.75, 3.05) is 19.1 Å². The smallest absolute Gasteiger partial charge is 0.280 e. The van der Waals surface area contributed by atoms with Crippen molar-refractivity contribution >= 4 is 17.5 Å². The highest BCUT2D eigenvalue weighted by Crippen LogP contribution is 2.56. The van der Waals surface area contributed by atoms with Gasteiger partial charge in [-0.15, -0.1) is 0 Å². The fourth-order valence-electron chi connectivity index (χ4n) is 4.30. The van der Waals surface area contributed by atoms with Crippen LogP contribution in [0.2, 0.25) is 0 Å². The molecule has 4 rings (SSSR count). The number of rotatable bonds is 2. The number of methoxy groups -OCH3 is 1. The van der Waals surface area contributed by atoms with Crippen molar-refractivity contribution in [3.8, 4) is 11.5 Å². The van der Waals surface area contributed by atoms with E-state index in [0.717, 1.165) is 5.69 Å². The zero-order valence-corrected chi connectivity index (χ0v) is 16.1. The molecule has 0 bridgehead atoms. The average Bonchev–Trinajstić information content (AvgIpc) is 2.79. The van der Waals surface area contributed by atoms with Gasteiger partial charge in [-0.2, -0.15) is 0 Å². The molecule has 1 spiro atoms. The fraction of sp³-hybridized carbons (Fsp3) is 0.333. The maximum atomic E-state index is 11.5. The quantitative estimate of drug-likeness (QED) is 0.581. The highest BCUT2D eigenvalue weighted by molar-refractivity contribution is 5.77. The lowest BCUT2D eigenvalue weighted by Gasteiger charge is -2.45. The molecule has 0 amide bonds. The Labute approximate surface area is 158 Å². The maximum absolute atomic E-state index is 11.5. The summed E-state index contributed by atoms with van der Waals surface area (Å²) < 4.78 is 12.0. The van der Waals surface area contributed by atoms with Crippen molar-refractivity contribution in [1.82, 2.24) is 0 Å². The van der Waals surface area contributed by atoms with Gasteiger partial charge in [0.1, 0.15) is 0 Å². The molecule has 2 aliphatic rings. The Hall–Kier alpha value is -3.02. The molecule has 27 heavy (non-hydrogen) atoms. The summed E-state index contributed by atoms with van der Waals surface area (Å²) in [6.45, 7) is 6.32. The van der Waals surface area contributed by atoms with Crippen LogP contribution in [0.5, 0.6) is 11.5 Å². The zero-order chi connectivity index (χ0) is 19.6. The molecule has 0 aromatic heterocycles. The summed E-state index contributed by atoms with van der Waals surface area (Å²) in [5.41, 5.74) is 2.69. The fourth-order valence-corrected chi connectivity index (χ4v) is 4.30. The van der Waals surface area contributed by atoms with Crippen LogP contribution in [0.15, 0.2) is 36.4 Å². The van der Waals surface area contributed by atoms with Gasteiger partial charge >= 0.3 is 0 Å². The Kier molecular flexibility index (Phi) is 3.54. The van der Waals surface area contributed by atoms with Crippen molar-refractivity contribution in [2.24, 2.45) is 0 Å². The van der Waals surface area contributed by atoms with Crippen LogP contribution < -0.4 is 14.4 Å². The van der Waals surface area contributed by atoms with Gasteiger partial charge in [0.15, 0.2) is 11.5 Å². The van der Waals surface area contributed by atoms with E-state index in [2.05, 4.69) is 43.9 Å². The largest absolute Gasteiger partial charge is 0.493 e. The standard InChI is InChI=1S/C21H22N2O4/c1-13-6-7-15-17(12-13)22(4)21(20(15,2)3)11-10-14-16(23(24)25)8-9-18(26-5)19(14)27-21/h6-12H,1-5H3. The minimum absolute atomic E-state index is 0.00344. The molecule has 1 unspecified atom stereocenters. The van der Waals surface area contributed by atoms with Crippen LogP contribution in [0.3, 0.4) is 0 Å². The van der Waals surface area contributed by atoms with Crippen molar-refractivity contribution < 1.29 is 14.4 Å². The summed E-state index contributed by atoms with van der Waals surface area (Å²) in [4.78, 5) is 13.2. The van der Waals surface area contributed by atoms with E-state index in [0.29, 0.717) is 17.1 Å². The van der Waals surface area contributed by atoms with E-state index in [1.807, 2.05) is 13.1 Å². The van der Waals surface area contributed by atoms with Crippen molar-refractivity contribution in [1.29, 1.82) is 0 Å². The number of hydrogen-bond donors (Lipinski definition) is 0. The summed E-state index contributed by atoms with van der Waals surface area (Å²) in [5, 5.41) is 11.5. The number of nitro benzene ring substituents is 1. The number of fused-ring (bicyclic) bond motifs is 2. The highest BCUT2D eigenvalue weighted by atomic mass is 16.6. The molecule has 140 valence electrons. The Bertz CT molecular complexity index is 996. The first-order chi connectivity index (χ1) is 12.7. The molecule has 0 aliphatic carbocycles. The Balaban J connectivity index is 1.93. The molecule has 6 heteroatoms. The minimum Gasteiger partial charge on any atom is -0.493 e. The molecule has 0 saturated heterocycles. The van der Waals surface area contributed by atoms with Crippen LogP contribution in [0, 0.1) is 17.0 Å². The van der Waals surface area contributed by atoms with E-state index < -0.39 is 10.6 Å². The van der Waals surface area contributed by atoms with Gasteiger partial charge in [-0.1, -0.05) is 12.1 Å². The molecule has 1 atom stereocenters. The first-order valence-corrected chi connectivity index (χ1v) is 8.81. The van der Waals surface area contributed by atoms with E-state index in [1.54, 1.807) is 12.1 Å². The van der Waals surface area contributed by atoms with Crippen molar-refractivity contribution in [3.05, 3.63) is 63.2 Å². The van der Waals surface area contributed by atoms with Gasteiger partial charge in [-0.3, -0.25) is 10.1 Å². The molecule has 2 aromatic carbocycles. The van der Waals surface area contributed by atoms with E-state index in [9.17, 15) is 10.1 Å². The average molecular weight is 366 g/mol. The number of aryl methyl sites for hydroxylation is 1. The second kappa shape index (κ2) is 5.49. The van der Waals surface area contributed by atoms with Crippen LogP contribution in [0.25, 0.3) is 6.08 Å². The topological polar surface area (TPSA) is 64.8 Å². The third-order valence-corrected chi connectivity index (χ3v) is 5.87. The van der Waals surface area contributed by atoms with Gasteiger partial charge in [0.25, 0.3) is 5.69 Å². The molecule has 0 fully saturated rings. The summed E-state index contributed by atoms with van der Waals surface area (Å²) in [6.07, 6.45) is 3.72. The second-order valence-corrected chi connectivity index (χ2v) is 7.62. The molecule has 0 saturated carbocycles. The van der Waals surface area contributed by atoms with Crippen LogP contribution in [0.1, 0.15) is 30.5 Å². The third kappa shape index (κ3) is 2.13. The van der Waals surface area contributed by atoms with E-state index in [-0.39, 0.29) is 11.1 Å². The highest BCUT2D eigenvalue weighted by Gasteiger charge is 2.58. The van der Waals surface area contributed by atoms with Crippen LogP contribution in [-0.2, 0) is 5.41 Å². The van der Waals surface area contributed by atoms with Crippen LogP contribution in [0.4, 0.5) is 11.4 Å². The number of nitro groups is 1. The first kappa shape index (κ1) is 17.4. The van der Waals surface area contributed by atoms with E-state index >= 15 is 0 Å². The summed E-state index contributed by atoms with van der Waals surface area (Å²) >= 11 is 0. The van der Waals surface area contributed by atoms with Crippen molar-refractivity contribution in [2.45, 2.75) is 31.9 Å². The number of ether oxygens (including phenoxy) is 2. The summed E-state index contributed by atoms with van der Waals surface area (Å²) in [5.74, 6) is 0.884. The predicted molar refractivity (Wildman–Crippen MR) is 105 cm³/mol. The zero-order valence-electron chi connectivity index (χ0n) is 16.1. The molecule has 2 aliphatic heterocycles. The SMILES string of the molecule is COc1ccc([N+](=O)[O-])c2c1OC1(C=C2)N(C)c2cc(C)ccc2C1(C)C. The summed E-state index contributed by atoms with van der Waals surface area (Å²) in [7, 11) is 3.53. The lowest BCUT2D eigenvalue weighted by molar-refractivity contribution is -0.385. The molecular formula is C21H22N2O4. The van der Waals surface area contributed by atoms with Crippen molar-refractivity contribution in [3.63, 3.8) is 0 Å². The van der Waals surface area contributed by atoms with Gasteiger partial charge in [0.2, 0.25) is 5.72 Å². The van der Waals surface area contributed by atoms with Gasteiger partial charge in [0.05, 0.1) is 23.0 Å². The number of anilines is 1. The Morgan fingerprint density at radius 2 is 1.96 bits per heavy atom. The number of nitrogens with zero attached hydrogens (tertiary/aromatic N) is 2. The third-order valence-electron chi connectivity index (χ3n) is 5.87. The second-order valence-electron chi connectivity index (χ2n) is 7.62. The molecule has 0 radical (unpaired) electrons. The Morgan fingerprint density at radius 1 is 1.22 bits per heavy atom. The van der Waals surface area contributed by atoms with Gasteiger partial charge in [0, 0.05) is 18.8 Å². The number of likely N-dealkylation sites (N-methyl/N-ethyl adjacent to an activating group) is 1. The Morgan fingerprint density at radius 3 is 2.63 bits per heavy atom. The van der Waals surface area contributed by atoms with Gasteiger partial charge in [-0.05, 0) is 56.2 Å². The van der Waals surface area contributed by atoms with E-state index in [4.69, 9.17) is 9.47 Å². The molecule has 0 N–H and O–H groups in total. The maximum Gasteiger partial charge on any atom is 0.280 e. The molecule has 2 aromatic rings. The van der Waals surface area contributed by atoms with Crippen LogP contribution >= 0.6 is 0 Å². The summed E-state index contributed by atoms with van der Waals surface area (Å²) in [6, 6.07) is 9.41. The predicted octanol–water partition coefficient (Wildman–Crippen LogP) is 4.44. The molecule has 6 nitrogen and oxygen atoms in total.